The third-order valence-corrected chi connectivity index (χ3v) is 1.03. The molecule has 0 aliphatic heterocycles. The lowest BCUT2D eigenvalue weighted by Gasteiger charge is -2.16. The summed E-state index contributed by atoms with van der Waals surface area (Å²) in [6.45, 7) is 0.279. The summed E-state index contributed by atoms with van der Waals surface area (Å²) in [5.41, 5.74) is 0. The number of nitrogens with one attached hydrogen (secondary N) is 1. The molecule has 0 saturated heterocycles. The van der Waals surface area contributed by atoms with Gasteiger partial charge in [0.15, 0.2) is 0 Å². The Labute approximate surface area is 65.9 Å². The molecule has 0 saturated carbocycles. The molecule has 68 valence electrons. The van der Waals surface area contributed by atoms with Crippen molar-refractivity contribution in [3.05, 3.63) is 0 Å². The molecule has 0 spiro atoms. The van der Waals surface area contributed by atoms with Crippen LogP contribution in [0, 0.1) is 0 Å². The van der Waals surface area contributed by atoms with Gasteiger partial charge in [-0.1, -0.05) is 0 Å². The van der Waals surface area contributed by atoms with Crippen LogP contribution in [0.25, 0.3) is 0 Å². The minimum atomic E-state index is -0.856. The Balaban J connectivity index is 3.32. The van der Waals surface area contributed by atoms with Gasteiger partial charge in [0.1, 0.15) is 12.5 Å². The molecule has 0 aliphatic carbocycles. The third kappa shape index (κ3) is 6.21. The van der Waals surface area contributed by atoms with E-state index in [0.29, 0.717) is 0 Å². The van der Waals surface area contributed by atoms with Crippen molar-refractivity contribution < 1.29 is 19.7 Å². The monoisotopic (exact) mass is 165 g/mol. The molecule has 0 heterocycles. The predicted molar refractivity (Wildman–Crippen MR) is 38.9 cm³/mol. The first-order valence-electron chi connectivity index (χ1n) is 3.30. The molecule has 11 heavy (non-hydrogen) atoms. The summed E-state index contributed by atoms with van der Waals surface area (Å²) in [7, 11) is 2.93. The topological polar surface area (TPSA) is 71.0 Å². The molecule has 5 nitrogen and oxygen atoms in total. The van der Waals surface area contributed by atoms with Crippen LogP contribution in [-0.4, -0.2) is 50.1 Å². The normalized spacial score (nSPS) is 16.4. The number of ether oxygens (including phenoxy) is 2. The van der Waals surface area contributed by atoms with Crippen molar-refractivity contribution in [3.63, 3.8) is 0 Å². The number of rotatable bonds is 6. The van der Waals surface area contributed by atoms with Crippen molar-refractivity contribution >= 4 is 0 Å². The van der Waals surface area contributed by atoms with E-state index in [0.717, 1.165) is 0 Å². The lowest BCUT2D eigenvalue weighted by atomic mass is 10.5. The van der Waals surface area contributed by atoms with Gasteiger partial charge in [-0.15, -0.1) is 0 Å². The molecule has 2 atom stereocenters. The first kappa shape index (κ1) is 10.8. The van der Waals surface area contributed by atoms with E-state index in [2.05, 4.69) is 14.8 Å². The molecule has 0 fully saturated rings. The standard InChI is InChI=1S/C6H15NO4/c1-10-3-5(8)7-6(9)4-11-2/h5-9H,3-4H2,1-2H3. The number of aliphatic hydroxyl groups excluding tert-OH is 2. The van der Waals surface area contributed by atoms with Gasteiger partial charge in [0.2, 0.25) is 0 Å². The van der Waals surface area contributed by atoms with Gasteiger partial charge in [0.25, 0.3) is 0 Å². The highest BCUT2D eigenvalue weighted by molar-refractivity contribution is 4.54. The van der Waals surface area contributed by atoms with Gasteiger partial charge in [0.05, 0.1) is 13.2 Å². The van der Waals surface area contributed by atoms with Crippen molar-refractivity contribution in [1.82, 2.24) is 5.32 Å². The maximum Gasteiger partial charge on any atom is 0.130 e. The highest BCUT2D eigenvalue weighted by Crippen LogP contribution is 1.83. The Kier molecular flexibility index (Phi) is 6.39. The lowest BCUT2D eigenvalue weighted by molar-refractivity contribution is -0.0297. The van der Waals surface area contributed by atoms with Gasteiger partial charge < -0.3 is 19.7 Å². The zero-order valence-electron chi connectivity index (χ0n) is 6.78. The smallest absolute Gasteiger partial charge is 0.130 e. The van der Waals surface area contributed by atoms with Crippen molar-refractivity contribution in [2.75, 3.05) is 27.4 Å². The lowest BCUT2D eigenvalue weighted by Crippen LogP contribution is -2.43. The molecule has 0 amide bonds. The summed E-state index contributed by atoms with van der Waals surface area (Å²) < 4.78 is 9.24. The molecule has 0 radical (unpaired) electrons. The van der Waals surface area contributed by atoms with Crippen LogP contribution in [0.5, 0.6) is 0 Å². The van der Waals surface area contributed by atoms with Gasteiger partial charge in [-0.3, -0.25) is 5.32 Å². The summed E-state index contributed by atoms with van der Waals surface area (Å²) in [6.07, 6.45) is -1.71. The average molecular weight is 165 g/mol. The molecule has 0 aromatic heterocycles. The number of hydrogen-bond donors (Lipinski definition) is 3. The second kappa shape index (κ2) is 6.51. The van der Waals surface area contributed by atoms with Crippen LogP contribution < -0.4 is 5.32 Å². The molecule has 0 aromatic rings. The molecule has 3 N–H and O–H groups in total. The molecular formula is C6H15NO4. The molecule has 0 bridgehead atoms. The number of hydrogen-bond acceptors (Lipinski definition) is 5. The highest BCUT2D eigenvalue weighted by atomic mass is 16.5. The molecule has 0 aliphatic rings. The highest BCUT2D eigenvalue weighted by Gasteiger charge is 2.08. The van der Waals surface area contributed by atoms with E-state index in [1.54, 1.807) is 0 Å². The molecule has 5 heteroatoms. The average Bonchev–Trinajstić information content (AvgIpc) is 1.87. The summed E-state index contributed by atoms with van der Waals surface area (Å²) in [5, 5.41) is 20.4. The predicted octanol–water partition coefficient (Wildman–Crippen LogP) is -1.49. The van der Waals surface area contributed by atoms with Crippen molar-refractivity contribution in [1.29, 1.82) is 0 Å². The molecular weight excluding hydrogens is 150 g/mol. The minimum Gasteiger partial charge on any atom is -0.381 e. The van der Waals surface area contributed by atoms with E-state index >= 15 is 0 Å². The van der Waals surface area contributed by atoms with Crippen LogP contribution in [0.2, 0.25) is 0 Å². The van der Waals surface area contributed by atoms with E-state index in [1.807, 2.05) is 0 Å². The summed E-state index contributed by atoms with van der Waals surface area (Å²) in [4.78, 5) is 0. The van der Waals surface area contributed by atoms with Gasteiger partial charge in [0, 0.05) is 14.2 Å². The van der Waals surface area contributed by atoms with E-state index in [4.69, 9.17) is 10.2 Å². The maximum atomic E-state index is 8.99. The fourth-order valence-corrected chi connectivity index (χ4v) is 0.634. The Morgan fingerprint density at radius 3 is 1.73 bits per heavy atom. The van der Waals surface area contributed by atoms with Crippen molar-refractivity contribution in [2.45, 2.75) is 12.5 Å². The van der Waals surface area contributed by atoms with Crippen LogP contribution in [-0.2, 0) is 9.47 Å². The quantitative estimate of drug-likeness (QED) is 0.418. The van der Waals surface area contributed by atoms with Gasteiger partial charge >= 0.3 is 0 Å². The van der Waals surface area contributed by atoms with Crippen molar-refractivity contribution in [3.8, 4) is 0 Å². The Bertz CT molecular complexity index is 80.7. The fourth-order valence-electron chi connectivity index (χ4n) is 0.634. The maximum absolute atomic E-state index is 8.99. The fraction of sp³-hybridized carbons (Fsp3) is 1.00. The minimum absolute atomic E-state index is 0.140. The first-order chi connectivity index (χ1) is 5.20. The second-order valence-electron chi connectivity index (χ2n) is 2.11. The van der Waals surface area contributed by atoms with E-state index in [-0.39, 0.29) is 13.2 Å². The SMILES string of the molecule is COCC(O)NC(O)COC. The van der Waals surface area contributed by atoms with E-state index in [1.165, 1.54) is 14.2 Å². The first-order valence-corrected chi connectivity index (χ1v) is 3.30. The van der Waals surface area contributed by atoms with Crippen molar-refractivity contribution in [2.24, 2.45) is 0 Å². The molecule has 2 unspecified atom stereocenters. The van der Waals surface area contributed by atoms with Crippen LogP contribution in [0.15, 0.2) is 0 Å². The zero-order chi connectivity index (χ0) is 8.69. The molecule has 0 aromatic carbocycles. The Morgan fingerprint density at radius 1 is 1.09 bits per heavy atom. The Hall–Kier alpha value is -0.200. The second-order valence-corrected chi connectivity index (χ2v) is 2.11. The summed E-state index contributed by atoms with van der Waals surface area (Å²) in [5.74, 6) is 0. The van der Waals surface area contributed by atoms with Gasteiger partial charge in [-0.05, 0) is 0 Å². The van der Waals surface area contributed by atoms with Crippen LogP contribution in [0.3, 0.4) is 0 Å². The van der Waals surface area contributed by atoms with Crippen LogP contribution in [0.1, 0.15) is 0 Å². The third-order valence-electron chi connectivity index (χ3n) is 1.03. The zero-order valence-corrected chi connectivity index (χ0v) is 6.78. The Morgan fingerprint density at radius 2 is 1.45 bits per heavy atom. The summed E-state index contributed by atoms with van der Waals surface area (Å²) in [6, 6.07) is 0. The molecule has 0 rings (SSSR count). The van der Waals surface area contributed by atoms with Crippen LogP contribution in [0.4, 0.5) is 0 Å². The van der Waals surface area contributed by atoms with E-state index < -0.39 is 12.5 Å². The summed E-state index contributed by atoms with van der Waals surface area (Å²) >= 11 is 0. The van der Waals surface area contributed by atoms with Crippen LogP contribution >= 0.6 is 0 Å². The largest absolute Gasteiger partial charge is 0.381 e. The van der Waals surface area contributed by atoms with Gasteiger partial charge in [-0.2, -0.15) is 0 Å². The van der Waals surface area contributed by atoms with Gasteiger partial charge in [-0.25, -0.2) is 0 Å². The van der Waals surface area contributed by atoms with E-state index in [9.17, 15) is 0 Å². The number of methoxy groups -OCH3 is 2. The number of aliphatic hydroxyl groups is 2.